The molecule has 1 aliphatic carbocycles. The summed E-state index contributed by atoms with van der Waals surface area (Å²) in [6.07, 6.45) is -1.20. The van der Waals surface area contributed by atoms with Crippen LogP contribution in [-0.2, 0) is 16.3 Å². The number of rotatable bonds is 4. The van der Waals surface area contributed by atoms with E-state index in [1.807, 2.05) is 0 Å². The highest BCUT2D eigenvalue weighted by atomic mass is 79.9. The van der Waals surface area contributed by atoms with Crippen molar-refractivity contribution in [1.29, 1.82) is 0 Å². The lowest BCUT2D eigenvalue weighted by molar-refractivity contribution is 0.0165. The molecule has 0 N–H and O–H groups in total. The summed E-state index contributed by atoms with van der Waals surface area (Å²) in [6.45, 7) is 0. The zero-order chi connectivity index (χ0) is 20.1. The number of alkyl halides is 4. The third kappa shape index (κ3) is 3.33. The van der Waals surface area contributed by atoms with E-state index in [1.54, 1.807) is 0 Å². The maximum atomic E-state index is 13.9. The van der Waals surface area contributed by atoms with E-state index >= 15 is 0 Å². The van der Waals surface area contributed by atoms with Gasteiger partial charge in [-0.1, -0.05) is 0 Å². The second-order valence-electron chi connectivity index (χ2n) is 5.61. The lowest BCUT2D eigenvalue weighted by Gasteiger charge is -2.13. The zero-order valence-corrected chi connectivity index (χ0v) is 15.4. The van der Waals surface area contributed by atoms with Gasteiger partial charge < -0.3 is 4.74 Å². The normalized spacial score (nSPS) is 15.9. The molecule has 0 unspecified atom stereocenters. The fourth-order valence-corrected chi connectivity index (χ4v) is 3.92. The van der Waals surface area contributed by atoms with Crippen LogP contribution >= 0.6 is 15.9 Å². The maximum Gasteiger partial charge on any atom is 0.341 e. The standard InChI is InChI=1S/C16H8BrF5O4S/c17-9-5-7(1-2-10(9)18)26-11-3-4-12(27(24,25)15(19)20)13-8(11)6-16(21,22)14(13)23/h1-5,15H,6H2. The van der Waals surface area contributed by atoms with Gasteiger partial charge in [-0.05, 0) is 46.3 Å². The highest BCUT2D eigenvalue weighted by Crippen LogP contribution is 2.44. The minimum atomic E-state index is -5.29. The Morgan fingerprint density at radius 3 is 2.41 bits per heavy atom. The van der Waals surface area contributed by atoms with Crippen LogP contribution in [0.4, 0.5) is 22.0 Å². The summed E-state index contributed by atoms with van der Waals surface area (Å²) in [7, 11) is -5.29. The van der Waals surface area contributed by atoms with Crippen LogP contribution in [0.1, 0.15) is 15.9 Å². The topological polar surface area (TPSA) is 60.4 Å². The van der Waals surface area contributed by atoms with Gasteiger partial charge in [0.1, 0.15) is 17.3 Å². The molecule has 1 aliphatic rings. The van der Waals surface area contributed by atoms with Crippen LogP contribution in [0.25, 0.3) is 0 Å². The summed E-state index contributed by atoms with van der Waals surface area (Å²) < 4.78 is 95.7. The van der Waals surface area contributed by atoms with Crippen molar-refractivity contribution in [1.82, 2.24) is 0 Å². The van der Waals surface area contributed by atoms with Gasteiger partial charge in [-0.25, -0.2) is 12.8 Å². The van der Waals surface area contributed by atoms with E-state index in [0.717, 1.165) is 12.1 Å². The molecule has 0 radical (unpaired) electrons. The first-order valence-corrected chi connectivity index (χ1v) is 9.52. The molecule has 4 nitrogen and oxygen atoms in total. The molecule has 2 aromatic carbocycles. The van der Waals surface area contributed by atoms with Crippen LogP contribution in [-0.4, -0.2) is 25.9 Å². The number of carbonyl (C=O) groups is 1. The molecule has 0 bridgehead atoms. The number of ether oxygens (including phenoxy) is 1. The number of Topliss-reactive ketones (excluding diaryl/α,β-unsaturated/α-hetero) is 1. The molecule has 3 rings (SSSR count). The molecule has 0 saturated carbocycles. The fourth-order valence-electron chi connectivity index (χ4n) is 2.61. The van der Waals surface area contributed by atoms with Gasteiger partial charge in [0.05, 0.1) is 9.37 Å². The Morgan fingerprint density at radius 1 is 1.15 bits per heavy atom. The molecule has 0 amide bonds. The van der Waals surface area contributed by atoms with E-state index in [-0.39, 0.29) is 16.0 Å². The minimum absolute atomic E-state index is 0.00222. The summed E-state index contributed by atoms with van der Waals surface area (Å²) in [5.41, 5.74) is -1.52. The number of sulfone groups is 1. The predicted octanol–water partition coefficient (Wildman–Crippen LogP) is 4.75. The Bertz CT molecular complexity index is 1050. The monoisotopic (exact) mass is 470 g/mol. The molecule has 27 heavy (non-hydrogen) atoms. The first kappa shape index (κ1) is 19.7. The number of hydrogen-bond donors (Lipinski definition) is 0. The summed E-state index contributed by atoms with van der Waals surface area (Å²) in [6, 6.07) is 4.90. The fraction of sp³-hybridized carbons (Fsp3) is 0.188. The van der Waals surface area contributed by atoms with Crippen LogP contribution < -0.4 is 4.74 Å². The van der Waals surface area contributed by atoms with Gasteiger partial charge in [0.15, 0.2) is 0 Å². The van der Waals surface area contributed by atoms with Gasteiger partial charge in [-0.3, -0.25) is 4.79 Å². The summed E-state index contributed by atoms with van der Waals surface area (Å²) in [5, 5.41) is 0. The Balaban J connectivity index is 2.17. The summed E-state index contributed by atoms with van der Waals surface area (Å²) in [4.78, 5) is 10.8. The van der Waals surface area contributed by atoms with Crippen molar-refractivity contribution in [3.05, 3.63) is 51.7 Å². The molecule has 0 heterocycles. The van der Waals surface area contributed by atoms with E-state index in [4.69, 9.17) is 4.74 Å². The second-order valence-corrected chi connectivity index (χ2v) is 8.35. The van der Waals surface area contributed by atoms with Gasteiger partial charge in [-0.2, -0.15) is 17.6 Å². The largest absolute Gasteiger partial charge is 0.457 e. The lowest BCUT2D eigenvalue weighted by Crippen LogP contribution is -2.25. The summed E-state index contributed by atoms with van der Waals surface area (Å²) in [5.74, 6) is -10.7. The number of fused-ring (bicyclic) bond motifs is 1. The molecule has 0 atom stereocenters. The molecular weight excluding hydrogens is 463 g/mol. The first-order chi connectivity index (χ1) is 12.4. The van der Waals surface area contributed by atoms with E-state index in [0.29, 0.717) is 6.07 Å². The van der Waals surface area contributed by atoms with Crippen molar-refractivity contribution in [2.24, 2.45) is 0 Å². The number of halogens is 6. The van der Waals surface area contributed by atoms with Crippen LogP contribution in [0, 0.1) is 5.82 Å². The average Bonchev–Trinajstić information content (AvgIpc) is 2.82. The predicted molar refractivity (Wildman–Crippen MR) is 86.8 cm³/mol. The van der Waals surface area contributed by atoms with Crippen molar-refractivity contribution in [2.45, 2.75) is 23.0 Å². The van der Waals surface area contributed by atoms with Gasteiger partial charge in [0, 0.05) is 17.5 Å². The van der Waals surface area contributed by atoms with Gasteiger partial charge >= 0.3 is 11.7 Å². The average molecular weight is 471 g/mol. The molecule has 0 fully saturated rings. The Morgan fingerprint density at radius 2 is 1.81 bits per heavy atom. The Hall–Kier alpha value is -2.01. The third-order valence-electron chi connectivity index (χ3n) is 3.85. The maximum absolute atomic E-state index is 13.9. The first-order valence-electron chi connectivity index (χ1n) is 7.18. The molecule has 0 aliphatic heterocycles. The van der Waals surface area contributed by atoms with Crippen LogP contribution in [0.5, 0.6) is 11.5 Å². The summed E-state index contributed by atoms with van der Waals surface area (Å²) >= 11 is 2.91. The van der Waals surface area contributed by atoms with Crippen LogP contribution in [0.2, 0.25) is 0 Å². The SMILES string of the molecule is O=C1c2c(S(=O)(=O)C(F)F)ccc(Oc3ccc(F)c(Br)c3)c2CC1(F)F. The molecule has 2 aromatic rings. The molecule has 0 aromatic heterocycles. The van der Waals surface area contributed by atoms with E-state index in [9.17, 15) is 35.2 Å². The molecule has 144 valence electrons. The molecule has 11 heteroatoms. The molecule has 0 spiro atoms. The van der Waals surface area contributed by atoms with Gasteiger partial charge in [0.2, 0.25) is 15.6 Å². The van der Waals surface area contributed by atoms with Crippen molar-refractivity contribution in [2.75, 3.05) is 0 Å². The van der Waals surface area contributed by atoms with E-state index < -0.39 is 55.6 Å². The number of ketones is 1. The van der Waals surface area contributed by atoms with Crippen LogP contribution in [0.15, 0.2) is 39.7 Å². The van der Waals surface area contributed by atoms with Crippen molar-refractivity contribution in [3.63, 3.8) is 0 Å². The quantitative estimate of drug-likeness (QED) is 0.605. The van der Waals surface area contributed by atoms with E-state index in [2.05, 4.69) is 15.9 Å². The highest BCUT2D eigenvalue weighted by molar-refractivity contribution is 9.10. The van der Waals surface area contributed by atoms with Gasteiger partial charge in [-0.15, -0.1) is 0 Å². The van der Waals surface area contributed by atoms with Crippen molar-refractivity contribution >= 4 is 31.6 Å². The third-order valence-corrected chi connectivity index (χ3v) is 5.88. The van der Waals surface area contributed by atoms with Gasteiger partial charge in [0.25, 0.3) is 0 Å². The number of benzene rings is 2. The Kier molecular flexibility index (Phi) is 4.79. The minimum Gasteiger partial charge on any atom is -0.457 e. The van der Waals surface area contributed by atoms with Crippen LogP contribution in [0.3, 0.4) is 0 Å². The molecule has 0 saturated heterocycles. The van der Waals surface area contributed by atoms with E-state index in [1.165, 1.54) is 12.1 Å². The second kappa shape index (κ2) is 6.55. The van der Waals surface area contributed by atoms with Crippen molar-refractivity contribution < 1.29 is 39.9 Å². The molecular formula is C16H8BrF5O4S. The zero-order valence-electron chi connectivity index (χ0n) is 13.0. The number of carbonyl (C=O) groups excluding carboxylic acids is 1. The number of hydrogen-bond acceptors (Lipinski definition) is 4. The Labute approximate surface area is 158 Å². The smallest absolute Gasteiger partial charge is 0.341 e. The van der Waals surface area contributed by atoms with Crippen molar-refractivity contribution in [3.8, 4) is 11.5 Å². The lowest BCUT2D eigenvalue weighted by atomic mass is 10.1. The highest BCUT2D eigenvalue weighted by Gasteiger charge is 2.51.